The molecule has 1 heterocycles. The maximum Gasteiger partial charge on any atom is 0.270 e. The lowest BCUT2D eigenvalue weighted by atomic mass is 10.1. The van der Waals surface area contributed by atoms with Crippen LogP contribution in [0.15, 0.2) is 24.4 Å². The zero-order valence-electron chi connectivity index (χ0n) is 10.8. The van der Waals surface area contributed by atoms with Gasteiger partial charge in [-0.1, -0.05) is 0 Å². The number of ether oxygens (including phenoxy) is 1. The lowest BCUT2D eigenvalue weighted by molar-refractivity contribution is -0.384. The van der Waals surface area contributed by atoms with Gasteiger partial charge in [0.25, 0.3) is 12.1 Å². The van der Waals surface area contributed by atoms with Gasteiger partial charge in [0.15, 0.2) is 5.78 Å². The van der Waals surface area contributed by atoms with Gasteiger partial charge in [-0.2, -0.15) is 0 Å². The minimum Gasteiger partial charge on any atom is -0.375 e. The number of nitrogens with one attached hydrogen (secondary N) is 1. The van der Waals surface area contributed by atoms with Gasteiger partial charge in [-0.05, 0) is 6.07 Å². The smallest absolute Gasteiger partial charge is 0.270 e. The Bertz CT molecular complexity index is 669. The monoisotopic (exact) mass is 298 g/mol. The summed E-state index contributed by atoms with van der Waals surface area (Å²) in [5.74, 6) is -0.323. The predicted molar refractivity (Wildman–Crippen MR) is 70.7 cm³/mol. The molecule has 21 heavy (non-hydrogen) atoms. The molecule has 0 bridgehead atoms. The van der Waals surface area contributed by atoms with Gasteiger partial charge in [-0.25, -0.2) is 8.78 Å². The first-order chi connectivity index (χ1) is 9.99. The molecule has 0 saturated carbocycles. The van der Waals surface area contributed by atoms with Crippen LogP contribution in [0, 0.1) is 10.1 Å². The third kappa shape index (κ3) is 3.60. The summed E-state index contributed by atoms with van der Waals surface area (Å²) in [6, 6.07) is 4.15. The highest BCUT2D eigenvalue weighted by Gasteiger charge is 2.15. The van der Waals surface area contributed by atoms with E-state index in [0.29, 0.717) is 10.9 Å². The van der Waals surface area contributed by atoms with E-state index in [1.165, 1.54) is 24.4 Å². The lowest BCUT2D eigenvalue weighted by Gasteiger charge is -2.02. The van der Waals surface area contributed by atoms with Crippen molar-refractivity contribution in [2.24, 2.45) is 0 Å². The van der Waals surface area contributed by atoms with E-state index in [4.69, 9.17) is 0 Å². The van der Waals surface area contributed by atoms with E-state index in [0.717, 1.165) is 0 Å². The van der Waals surface area contributed by atoms with Gasteiger partial charge in [0.05, 0.1) is 11.5 Å². The van der Waals surface area contributed by atoms with Crippen molar-refractivity contribution in [3.8, 4) is 0 Å². The number of non-ortho nitro benzene ring substituents is 1. The lowest BCUT2D eigenvalue weighted by Crippen LogP contribution is -2.09. The second-order valence-corrected chi connectivity index (χ2v) is 4.33. The molecule has 6 nitrogen and oxygen atoms in total. The molecule has 2 rings (SSSR count). The quantitative estimate of drug-likeness (QED) is 0.368. The van der Waals surface area contributed by atoms with Gasteiger partial charge in [0.2, 0.25) is 0 Å². The molecule has 0 saturated heterocycles. The van der Waals surface area contributed by atoms with Gasteiger partial charge in [-0.3, -0.25) is 14.9 Å². The molecule has 0 aliphatic rings. The van der Waals surface area contributed by atoms with Gasteiger partial charge in [0, 0.05) is 41.2 Å². The van der Waals surface area contributed by atoms with Gasteiger partial charge >= 0.3 is 0 Å². The Morgan fingerprint density at radius 1 is 1.43 bits per heavy atom. The fraction of sp³-hybridized carbons (Fsp3) is 0.308. The number of rotatable bonds is 7. The molecule has 0 aliphatic heterocycles. The minimum atomic E-state index is -2.57. The molecule has 8 heteroatoms. The molecule has 0 spiro atoms. The fourth-order valence-corrected chi connectivity index (χ4v) is 1.92. The fourth-order valence-electron chi connectivity index (χ4n) is 1.92. The third-order valence-electron chi connectivity index (χ3n) is 2.89. The first-order valence-electron chi connectivity index (χ1n) is 6.13. The van der Waals surface area contributed by atoms with E-state index in [1.54, 1.807) is 0 Å². The summed E-state index contributed by atoms with van der Waals surface area (Å²) >= 11 is 0. The van der Waals surface area contributed by atoms with E-state index in [9.17, 15) is 23.7 Å². The van der Waals surface area contributed by atoms with E-state index >= 15 is 0 Å². The highest BCUT2D eigenvalue weighted by molar-refractivity contribution is 6.08. The van der Waals surface area contributed by atoms with Crippen LogP contribution in [-0.4, -0.2) is 35.3 Å². The van der Waals surface area contributed by atoms with Crippen LogP contribution < -0.4 is 0 Å². The van der Waals surface area contributed by atoms with Gasteiger partial charge < -0.3 is 9.72 Å². The number of ketones is 1. The Labute approximate surface area is 117 Å². The van der Waals surface area contributed by atoms with Gasteiger partial charge in [-0.15, -0.1) is 0 Å². The maximum atomic E-state index is 12.0. The number of hydrogen-bond acceptors (Lipinski definition) is 4. The topological polar surface area (TPSA) is 85.2 Å². The minimum absolute atomic E-state index is 0.0671. The van der Waals surface area contributed by atoms with Crippen molar-refractivity contribution in [2.45, 2.75) is 12.8 Å². The van der Waals surface area contributed by atoms with Crippen molar-refractivity contribution in [3.05, 3.63) is 40.1 Å². The third-order valence-corrected chi connectivity index (χ3v) is 2.89. The molecule has 1 N–H and O–H groups in total. The molecule has 0 amide bonds. The number of Topliss-reactive ketones (excluding diaryl/α,β-unsaturated/α-hetero) is 1. The van der Waals surface area contributed by atoms with Crippen LogP contribution >= 0.6 is 0 Å². The number of carbonyl (C=O) groups excluding carboxylic acids is 1. The van der Waals surface area contributed by atoms with Crippen molar-refractivity contribution < 1.29 is 23.2 Å². The first-order valence-corrected chi connectivity index (χ1v) is 6.13. The van der Waals surface area contributed by atoms with Crippen molar-refractivity contribution in [1.82, 2.24) is 4.98 Å². The second-order valence-electron chi connectivity index (χ2n) is 4.33. The van der Waals surface area contributed by atoms with E-state index < -0.39 is 18.0 Å². The summed E-state index contributed by atoms with van der Waals surface area (Å²) in [7, 11) is 0. The SMILES string of the molecule is O=C(CCOCC(F)F)c1c[nH]c2ccc([N+](=O)[O-])cc12. The molecule has 1 aromatic carbocycles. The molecule has 0 atom stereocenters. The molecule has 0 aliphatic carbocycles. The number of carbonyl (C=O) groups is 1. The summed E-state index contributed by atoms with van der Waals surface area (Å²) in [5, 5.41) is 11.2. The Balaban J connectivity index is 2.12. The van der Waals surface area contributed by atoms with Crippen LogP contribution in [0.4, 0.5) is 14.5 Å². The molecule has 0 fully saturated rings. The number of nitro benzene ring substituents is 1. The van der Waals surface area contributed by atoms with Crippen LogP contribution in [0.1, 0.15) is 16.8 Å². The van der Waals surface area contributed by atoms with Crippen LogP contribution in [0.5, 0.6) is 0 Å². The molecule has 1 aromatic heterocycles. The Morgan fingerprint density at radius 3 is 2.86 bits per heavy atom. The number of alkyl halides is 2. The first kappa shape index (κ1) is 15.0. The molecular formula is C13H12F2N2O4. The number of halogens is 2. The van der Waals surface area contributed by atoms with Crippen molar-refractivity contribution in [3.63, 3.8) is 0 Å². The van der Waals surface area contributed by atoms with Crippen LogP contribution in [0.25, 0.3) is 10.9 Å². The second kappa shape index (κ2) is 6.40. The average Bonchev–Trinajstić information content (AvgIpc) is 2.86. The normalized spacial score (nSPS) is 11.2. The number of nitrogens with zero attached hydrogens (tertiary/aromatic N) is 1. The predicted octanol–water partition coefficient (Wildman–Crippen LogP) is 2.93. The zero-order valence-corrected chi connectivity index (χ0v) is 10.8. The van der Waals surface area contributed by atoms with E-state index in [1.807, 2.05) is 0 Å². The Kier molecular flexibility index (Phi) is 4.59. The molecular weight excluding hydrogens is 286 g/mol. The Hall–Kier alpha value is -2.35. The number of hydrogen-bond donors (Lipinski definition) is 1. The van der Waals surface area contributed by atoms with E-state index in [2.05, 4.69) is 9.72 Å². The number of aromatic amines is 1. The number of fused-ring (bicyclic) bond motifs is 1. The summed E-state index contributed by atoms with van der Waals surface area (Å²) in [4.78, 5) is 25.0. The summed E-state index contributed by atoms with van der Waals surface area (Å²) in [6.45, 7) is -0.836. The summed E-state index contributed by atoms with van der Waals surface area (Å²) in [5.41, 5.74) is 0.761. The zero-order chi connectivity index (χ0) is 15.4. The van der Waals surface area contributed by atoms with Crippen molar-refractivity contribution in [2.75, 3.05) is 13.2 Å². The van der Waals surface area contributed by atoms with Crippen LogP contribution in [0.3, 0.4) is 0 Å². The van der Waals surface area contributed by atoms with Crippen LogP contribution in [0.2, 0.25) is 0 Å². The number of nitro groups is 1. The molecule has 2 aromatic rings. The molecule has 0 radical (unpaired) electrons. The average molecular weight is 298 g/mol. The number of H-pyrrole nitrogens is 1. The van der Waals surface area contributed by atoms with Crippen molar-refractivity contribution >= 4 is 22.4 Å². The number of benzene rings is 1. The Morgan fingerprint density at radius 2 is 2.19 bits per heavy atom. The van der Waals surface area contributed by atoms with Crippen LogP contribution in [-0.2, 0) is 4.74 Å². The highest BCUT2D eigenvalue weighted by atomic mass is 19.3. The standard InChI is InChI=1S/C13H12F2N2O4/c14-13(15)7-21-4-3-12(18)10-6-16-11-2-1-8(17(19)20)5-9(10)11/h1-2,5-6,13,16H,3-4,7H2. The number of aromatic nitrogens is 1. The largest absolute Gasteiger partial charge is 0.375 e. The van der Waals surface area contributed by atoms with E-state index in [-0.39, 0.29) is 30.1 Å². The van der Waals surface area contributed by atoms with Crippen molar-refractivity contribution in [1.29, 1.82) is 0 Å². The summed E-state index contributed by atoms with van der Waals surface area (Å²) < 4.78 is 28.4. The molecule has 0 unspecified atom stereocenters. The van der Waals surface area contributed by atoms with Gasteiger partial charge in [0.1, 0.15) is 6.61 Å². The maximum absolute atomic E-state index is 12.0. The summed E-state index contributed by atoms with van der Waals surface area (Å²) in [6.07, 6.45) is -1.19. The highest BCUT2D eigenvalue weighted by Crippen LogP contribution is 2.24. The molecule has 112 valence electrons.